The Morgan fingerprint density at radius 1 is 1.12 bits per heavy atom. The Bertz CT molecular complexity index is 780. The normalized spacial score (nSPS) is 12.0. The molecule has 1 N–H and O–H groups in total. The first kappa shape index (κ1) is 19.6. The minimum absolute atomic E-state index is 0.0143. The van der Waals surface area contributed by atoms with Gasteiger partial charge < -0.3 is 5.32 Å². The molecule has 2 aromatic carbocycles. The van der Waals surface area contributed by atoms with Gasteiger partial charge in [-0.25, -0.2) is 0 Å². The number of benzene rings is 2. The molecule has 0 spiro atoms. The van der Waals surface area contributed by atoms with Crippen LogP contribution in [0.2, 0.25) is 0 Å². The van der Waals surface area contributed by atoms with Crippen molar-refractivity contribution in [1.29, 1.82) is 0 Å². The molecule has 0 fully saturated rings. The Morgan fingerprint density at radius 3 is 2.23 bits per heavy atom. The van der Waals surface area contributed by atoms with E-state index in [1.165, 1.54) is 12.1 Å². The van der Waals surface area contributed by atoms with Crippen molar-refractivity contribution in [3.05, 3.63) is 69.3 Å². The zero-order chi connectivity index (χ0) is 19.3. The monoisotopic (exact) mass is 355 g/mol. The summed E-state index contributed by atoms with van der Waals surface area (Å²) in [5.41, 5.74) is 3.36. The van der Waals surface area contributed by atoms with E-state index in [4.69, 9.17) is 0 Å². The number of nitro benzene ring substituents is 1. The number of anilines is 1. The number of hydrogen-bond acceptors (Lipinski definition) is 4. The van der Waals surface area contributed by atoms with E-state index in [1.807, 2.05) is 50.8 Å². The van der Waals surface area contributed by atoms with Gasteiger partial charge in [-0.3, -0.25) is 19.8 Å². The second-order valence-corrected chi connectivity index (χ2v) is 6.23. The predicted octanol–water partition coefficient (Wildman–Crippen LogP) is 4.23. The first-order chi connectivity index (χ1) is 12.4. The zero-order valence-electron chi connectivity index (χ0n) is 15.7. The number of aryl methyl sites for hydroxylation is 2. The van der Waals surface area contributed by atoms with Crippen LogP contribution in [0.4, 0.5) is 11.4 Å². The Kier molecular flexibility index (Phi) is 6.46. The van der Waals surface area contributed by atoms with E-state index in [0.717, 1.165) is 16.8 Å². The van der Waals surface area contributed by atoms with Crippen molar-refractivity contribution in [2.75, 3.05) is 18.4 Å². The number of non-ortho nitro benzene ring substituents is 1. The Morgan fingerprint density at radius 2 is 1.69 bits per heavy atom. The second-order valence-electron chi connectivity index (χ2n) is 6.23. The van der Waals surface area contributed by atoms with E-state index in [-0.39, 0.29) is 11.6 Å². The molecule has 138 valence electrons. The molecule has 0 heterocycles. The summed E-state index contributed by atoms with van der Waals surface area (Å²) >= 11 is 0. The standard InChI is InChI=1S/C20H25N3O3/c1-5-22(6-2)19(16-11-8-12-17(13-16)23(25)26)20(24)21-18-14(3)9-7-10-15(18)4/h7-13,19H,5-6H2,1-4H3,(H,21,24)/t19-/m0/s1. The topological polar surface area (TPSA) is 75.5 Å². The largest absolute Gasteiger partial charge is 0.324 e. The third-order valence-electron chi connectivity index (χ3n) is 4.55. The summed E-state index contributed by atoms with van der Waals surface area (Å²) in [6.07, 6.45) is 0. The van der Waals surface area contributed by atoms with Crippen LogP contribution in [-0.4, -0.2) is 28.8 Å². The lowest BCUT2D eigenvalue weighted by molar-refractivity contribution is -0.384. The molecule has 0 unspecified atom stereocenters. The van der Waals surface area contributed by atoms with Gasteiger partial charge in [0.1, 0.15) is 6.04 Å². The molecule has 0 saturated heterocycles. The molecule has 0 radical (unpaired) electrons. The van der Waals surface area contributed by atoms with Crippen molar-refractivity contribution in [2.45, 2.75) is 33.7 Å². The molecule has 0 aliphatic rings. The summed E-state index contributed by atoms with van der Waals surface area (Å²) in [6.45, 7) is 9.15. The number of carbonyl (C=O) groups is 1. The fraction of sp³-hybridized carbons (Fsp3) is 0.350. The molecule has 26 heavy (non-hydrogen) atoms. The van der Waals surface area contributed by atoms with Crippen LogP contribution < -0.4 is 5.32 Å². The number of likely N-dealkylation sites (N-methyl/N-ethyl adjacent to an activating group) is 1. The molecule has 6 nitrogen and oxygen atoms in total. The number of amides is 1. The van der Waals surface area contributed by atoms with E-state index >= 15 is 0 Å². The van der Waals surface area contributed by atoms with Gasteiger partial charge in [0.15, 0.2) is 0 Å². The number of nitro groups is 1. The van der Waals surface area contributed by atoms with E-state index in [0.29, 0.717) is 18.7 Å². The van der Waals surface area contributed by atoms with Crippen LogP contribution in [0, 0.1) is 24.0 Å². The fourth-order valence-corrected chi connectivity index (χ4v) is 3.13. The average Bonchev–Trinajstić information content (AvgIpc) is 2.62. The molecule has 1 atom stereocenters. The molecule has 6 heteroatoms. The Labute approximate surface area is 154 Å². The summed E-state index contributed by atoms with van der Waals surface area (Å²) in [5, 5.41) is 14.2. The van der Waals surface area contributed by atoms with Crippen LogP contribution in [0.25, 0.3) is 0 Å². The van der Waals surface area contributed by atoms with Crippen LogP contribution in [0.5, 0.6) is 0 Å². The van der Waals surface area contributed by atoms with Gasteiger partial charge in [0.2, 0.25) is 5.91 Å². The highest BCUT2D eigenvalue weighted by Crippen LogP contribution is 2.27. The highest BCUT2D eigenvalue weighted by atomic mass is 16.6. The van der Waals surface area contributed by atoms with E-state index in [9.17, 15) is 14.9 Å². The highest BCUT2D eigenvalue weighted by Gasteiger charge is 2.27. The second kappa shape index (κ2) is 8.58. The van der Waals surface area contributed by atoms with Crippen LogP contribution in [0.1, 0.15) is 36.6 Å². The van der Waals surface area contributed by atoms with Crippen molar-refractivity contribution in [3.8, 4) is 0 Å². The first-order valence-electron chi connectivity index (χ1n) is 8.74. The van der Waals surface area contributed by atoms with Gasteiger partial charge in [-0.15, -0.1) is 0 Å². The smallest absolute Gasteiger partial charge is 0.269 e. The van der Waals surface area contributed by atoms with Crippen molar-refractivity contribution < 1.29 is 9.72 Å². The third-order valence-corrected chi connectivity index (χ3v) is 4.55. The summed E-state index contributed by atoms with van der Waals surface area (Å²) < 4.78 is 0. The number of carbonyl (C=O) groups excluding carboxylic acids is 1. The lowest BCUT2D eigenvalue weighted by Gasteiger charge is -2.29. The number of nitrogens with one attached hydrogen (secondary N) is 1. The van der Waals surface area contributed by atoms with Gasteiger partial charge in [0.25, 0.3) is 5.69 Å². The van der Waals surface area contributed by atoms with Crippen LogP contribution >= 0.6 is 0 Å². The molecule has 0 aliphatic heterocycles. The van der Waals surface area contributed by atoms with Crippen molar-refractivity contribution in [2.24, 2.45) is 0 Å². The van der Waals surface area contributed by atoms with Gasteiger partial charge in [0, 0.05) is 17.8 Å². The molecule has 0 saturated carbocycles. The Balaban J connectivity index is 2.43. The van der Waals surface area contributed by atoms with Crippen LogP contribution in [0.15, 0.2) is 42.5 Å². The lowest BCUT2D eigenvalue weighted by Crippen LogP contribution is -2.37. The minimum Gasteiger partial charge on any atom is -0.324 e. The average molecular weight is 355 g/mol. The van der Waals surface area contributed by atoms with E-state index in [1.54, 1.807) is 12.1 Å². The van der Waals surface area contributed by atoms with Crippen LogP contribution in [-0.2, 0) is 4.79 Å². The molecule has 1 amide bonds. The van der Waals surface area contributed by atoms with Crippen molar-refractivity contribution >= 4 is 17.3 Å². The maximum Gasteiger partial charge on any atom is 0.269 e. The minimum atomic E-state index is -0.594. The van der Waals surface area contributed by atoms with Crippen molar-refractivity contribution in [1.82, 2.24) is 4.90 Å². The maximum absolute atomic E-state index is 13.1. The molecular formula is C20H25N3O3. The van der Waals surface area contributed by atoms with Gasteiger partial charge in [-0.1, -0.05) is 44.2 Å². The molecule has 0 aliphatic carbocycles. The fourth-order valence-electron chi connectivity index (χ4n) is 3.13. The summed E-state index contributed by atoms with van der Waals surface area (Å²) in [4.78, 5) is 25.8. The number of rotatable bonds is 7. The highest BCUT2D eigenvalue weighted by molar-refractivity contribution is 5.96. The van der Waals surface area contributed by atoms with Crippen molar-refractivity contribution in [3.63, 3.8) is 0 Å². The lowest BCUT2D eigenvalue weighted by atomic mass is 10.0. The SMILES string of the molecule is CCN(CC)[C@H](C(=O)Nc1c(C)cccc1C)c1cccc([N+](=O)[O-])c1. The summed E-state index contributed by atoms with van der Waals surface area (Å²) in [5.74, 6) is -0.188. The maximum atomic E-state index is 13.1. The predicted molar refractivity (Wildman–Crippen MR) is 103 cm³/mol. The molecular weight excluding hydrogens is 330 g/mol. The number of hydrogen-bond donors (Lipinski definition) is 1. The zero-order valence-corrected chi connectivity index (χ0v) is 15.7. The van der Waals surface area contributed by atoms with Crippen LogP contribution in [0.3, 0.4) is 0 Å². The van der Waals surface area contributed by atoms with Gasteiger partial charge >= 0.3 is 0 Å². The molecule has 2 aromatic rings. The van der Waals surface area contributed by atoms with Gasteiger partial charge in [-0.05, 0) is 43.6 Å². The number of para-hydroxylation sites is 1. The van der Waals surface area contributed by atoms with Gasteiger partial charge in [-0.2, -0.15) is 0 Å². The third kappa shape index (κ3) is 4.26. The summed E-state index contributed by atoms with van der Waals surface area (Å²) in [6, 6.07) is 11.5. The first-order valence-corrected chi connectivity index (χ1v) is 8.74. The van der Waals surface area contributed by atoms with E-state index < -0.39 is 11.0 Å². The van der Waals surface area contributed by atoms with Gasteiger partial charge in [0.05, 0.1) is 4.92 Å². The molecule has 0 aromatic heterocycles. The Hall–Kier alpha value is -2.73. The molecule has 0 bridgehead atoms. The van der Waals surface area contributed by atoms with E-state index in [2.05, 4.69) is 5.32 Å². The summed E-state index contributed by atoms with van der Waals surface area (Å²) in [7, 11) is 0. The number of nitrogens with zero attached hydrogens (tertiary/aromatic N) is 2. The quantitative estimate of drug-likeness (QED) is 0.595. The molecule has 2 rings (SSSR count).